The van der Waals surface area contributed by atoms with Crippen molar-refractivity contribution in [3.8, 4) is 11.5 Å². The van der Waals surface area contributed by atoms with E-state index < -0.39 is 0 Å². The monoisotopic (exact) mass is 382 g/mol. The molecule has 1 atom stereocenters. The average Bonchev–Trinajstić information content (AvgIpc) is 3.27. The third kappa shape index (κ3) is 2.73. The largest absolute Gasteiger partial charge is 0.454 e. The molecule has 5 rings (SSSR count). The molecule has 1 aromatic carbocycles. The number of hydrogen-bond acceptors (Lipinski definition) is 6. The molecule has 0 saturated heterocycles. The van der Waals surface area contributed by atoms with Gasteiger partial charge in [-0.2, -0.15) is 0 Å². The van der Waals surface area contributed by atoms with Crippen LogP contribution in [-0.4, -0.2) is 22.1 Å². The van der Waals surface area contributed by atoms with Crippen LogP contribution >= 0.6 is 11.3 Å². The highest BCUT2D eigenvalue weighted by molar-refractivity contribution is 7.18. The number of ketones is 1. The molecule has 1 aliphatic carbocycles. The fraction of sp³-hybridized carbons (Fsp3) is 0.350. The zero-order chi connectivity index (χ0) is 18.5. The molecule has 7 heteroatoms. The number of carbonyl (C=O) groups is 1. The third-order valence-corrected chi connectivity index (χ3v) is 6.45. The number of rotatable bonds is 3. The summed E-state index contributed by atoms with van der Waals surface area (Å²) in [6, 6.07) is 5.08. The average molecular weight is 382 g/mol. The quantitative estimate of drug-likeness (QED) is 0.651. The van der Waals surface area contributed by atoms with Gasteiger partial charge in [0.15, 0.2) is 17.3 Å². The van der Waals surface area contributed by atoms with E-state index in [4.69, 9.17) is 9.47 Å². The molecule has 0 bridgehead atoms. The van der Waals surface area contributed by atoms with Crippen molar-refractivity contribution >= 4 is 27.3 Å². The lowest BCUT2D eigenvalue weighted by Gasteiger charge is -2.17. The fourth-order valence-electron chi connectivity index (χ4n) is 3.79. The van der Waals surface area contributed by atoms with Crippen molar-refractivity contribution in [2.24, 2.45) is 5.92 Å². The van der Waals surface area contributed by atoms with E-state index >= 15 is 0 Å². The van der Waals surface area contributed by atoms with Crippen molar-refractivity contribution < 1.29 is 14.3 Å². The number of aryl methyl sites for hydroxylation is 1. The molecule has 6 nitrogen and oxygen atoms in total. The van der Waals surface area contributed by atoms with Crippen molar-refractivity contribution in [2.45, 2.75) is 32.7 Å². The van der Waals surface area contributed by atoms with Gasteiger partial charge in [-0.3, -0.25) is 14.2 Å². The summed E-state index contributed by atoms with van der Waals surface area (Å²) in [5.74, 6) is 1.67. The van der Waals surface area contributed by atoms with Crippen LogP contribution in [0, 0.1) is 5.92 Å². The van der Waals surface area contributed by atoms with E-state index in [1.807, 2.05) is 0 Å². The van der Waals surface area contributed by atoms with Gasteiger partial charge in [0.05, 0.1) is 18.3 Å². The Morgan fingerprint density at radius 1 is 1.33 bits per heavy atom. The molecule has 0 radical (unpaired) electrons. The molecule has 27 heavy (non-hydrogen) atoms. The summed E-state index contributed by atoms with van der Waals surface area (Å²) in [6.07, 6.45) is 4.49. The molecule has 0 N–H and O–H groups in total. The Morgan fingerprint density at radius 2 is 2.19 bits per heavy atom. The lowest BCUT2D eigenvalue weighted by molar-refractivity contribution is 0.0970. The Hall–Kier alpha value is -2.67. The summed E-state index contributed by atoms with van der Waals surface area (Å²) in [6.45, 7) is 2.36. The third-order valence-electron chi connectivity index (χ3n) is 5.29. The number of fused-ring (bicyclic) bond motifs is 4. The summed E-state index contributed by atoms with van der Waals surface area (Å²) < 4.78 is 12.0. The minimum Gasteiger partial charge on any atom is -0.454 e. The first kappa shape index (κ1) is 16.5. The molecule has 0 fully saturated rings. The van der Waals surface area contributed by atoms with Crippen LogP contribution in [-0.2, 0) is 19.4 Å². The summed E-state index contributed by atoms with van der Waals surface area (Å²) >= 11 is 1.62. The van der Waals surface area contributed by atoms with Crippen LogP contribution in [0.1, 0.15) is 34.1 Å². The van der Waals surface area contributed by atoms with Crippen LogP contribution in [0.25, 0.3) is 10.2 Å². The van der Waals surface area contributed by atoms with Crippen LogP contribution in [0.15, 0.2) is 29.3 Å². The number of hydrogen-bond donors (Lipinski definition) is 0. The number of benzene rings is 1. The predicted octanol–water partition coefficient (Wildman–Crippen LogP) is 3.19. The molecular formula is C20H18N2O4S. The maximum absolute atomic E-state index is 13.0. The summed E-state index contributed by atoms with van der Waals surface area (Å²) in [7, 11) is 0. The highest BCUT2D eigenvalue weighted by Crippen LogP contribution is 2.35. The number of Topliss-reactive ketones (excluding diaryl/α,β-unsaturated/α-hetero) is 1. The van der Waals surface area contributed by atoms with E-state index in [2.05, 4.69) is 11.9 Å². The van der Waals surface area contributed by atoms with E-state index in [-0.39, 0.29) is 24.7 Å². The molecule has 2 aromatic heterocycles. The Bertz CT molecular complexity index is 1130. The van der Waals surface area contributed by atoms with Gasteiger partial charge in [-0.25, -0.2) is 4.98 Å². The Kier molecular flexibility index (Phi) is 3.79. The predicted molar refractivity (Wildman–Crippen MR) is 102 cm³/mol. The van der Waals surface area contributed by atoms with Crippen LogP contribution in [0.4, 0.5) is 0 Å². The van der Waals surface area contributed by atoms with Crippen LogP contribution in [0.2, 0.25) is 0 Å². The zero-order valence-corrected chi connectivity index (χ0v) is 15.7. The molecule has 0 saturated carbocycles. The normalized spacial score (nSPS) is 17.9. The Balaban J connectivity index is 1.49. The molecule has 3 heterocycles. The fourth-order valence-corrected chi connectivity index (χ4v) is 5.14. The molecule has 1 aliphatic heterocycles. The molecule has 0 spiro atoms. The highest BCUT2D eigenvalue weighted by Gasteiger charge is 2.24. The molecule has 1 unspecified atom stereocenters. The van der Waals surface area contributed by atoms with Gasteiger partial charge in [0.25, 0.3) is 5.56 Å². The Morgan fingerprint density at radius 3 is 3.07 bits per heavy atom. The van der Waals surface area contributed by atoms with Crippen LogP contribution in [0.5, 0.6) is 11.5 Å². The smallest absolute Gasteiger partial charge is 0.262 e. The second-order valence-corrected chi connectivity index (χ2v) is 8.28. The van der Waals surface area contributed by atoms with Crippen molar-refractivity contribution in [2.75, 3.05) is 6.79 Å². The highest BCUT2D eigenvalue weighted by atomic mass is 32.1. The maximum atomic E-state index is 13.0. The van der Waals surface area contributed by atoms with Gasteiger partial charge in [0.2, 0.25) is 6.79 Å². The van der Waals surface area contributed by atoms with Gasteiger partial charge in [-0.15, -0.1) is 11.3 Å². The van der Waals surface area contributed by atoms with E-state index in [1.54, 1.807) is 29.5 Å². The summed E-state index contributed by atoms with van der Waals surface area (Å²) in [4.78, 5) is 32.2. The van der Waals surface area contributed by atoms with Crippen molar-refractivity contribution in [3.05, 3.63) is 50.9 Å². The second kappa shape index (κ2) is 6.20. The van der Waals surface area contributed by atoms with Crippen molar-refractivity contribution in [1.29, 1.82) is 0 Å². The topological polar surface area (TPSA) is 70.4 Å². The number of carbonyl (C=O) groups excluding carboxylic acids is 1. The SMILES string of the molecule is CC1CCc2c(sc3ncn(CC(=O)c4ccc5c(c4)OCO5)c(=O)c23)C1. The minimum atomic E-state index is -0.158. The number of thiophene rings is 1. The molecule has 138 valence electrons. The van der Waals surface area contributed by atoms with Crippen LogP contribution < -0.4 is 15.0 Å². The first-order valence-corrected chi connectivity index (χ1v) is 9.84. The van der Waals surface area contributed by atoms with Crippen molar-refractivity contribution in [1.82, 2.24) is 9.55 Å². The Labute approximate surface area is 159 Å². The number of aromatic nitrogens is 2. The van der Waals surface area contributed by atoms with Gasteiger partial charge in [0.1, 0.15) is 4.83 Å². The maximum Gasteiger partial charge on any atom is 0.262 e. The number of nitrogens with zero attached hydrogens (tertiary/aromatic N) is 2. The first-order valence-electron chi connectivity index (χ1n) is 9.02. The van der Waals surface area contributed by atoms with E-state index in [0.29, 0.717) is 28.4 Å². The van der Waals surface area contributed by atoms with Gasteiger partial charge in [0, 0.05) is 10.4 Å². The molecule has 3 aromatic rings. The molecule has 0 amide bonds. The van der Waals surface area contributed by atoms with Crippen molar-refractivity contribution in [3.63, 3.8) is 0 Å². The zero-order valence-electron chi connectivity index (χ0n) is 14.9. The van der Waals surface area contributed by atoms with Gasteiger partial charge >= 0.3 is 0 Å². The molecular weight excluding hydrogens is 364 g/mol. The van der Waals surface area contributed by atoms with E-state index in [0.717, 1.165) is 29.7 Å². The first-order chi connectivity index (χ1) is 13.1. The summed E-state index contributed by atoms with van der Waals surface area (Å²) in [5, 5.41) is 0.697. The van der Waals surface area contributed by atoms with E-state index in [1.165, 1.54) is 15.8 Å². The summed E-state index contributed by atoms with van der Waals surface area (Å²) in [5.41, 5.74) is 1.50. The van der Waals surface area contributed by atoms with Crippen LogP contribution in [0.3, 0.4) is 0 Å². The number of ether oxygens (including phenoxy) is 2. The second-order valence-electron chi connectivity index (χ2n) is 7.20. The van der Waals surface area contributed by atoms with E-state index in [9.17, 15) is 9.59 Å². The van der Waals surface area contributed by atoms with Gasteiger partial charge < -0.3 is 9.47 Å². The van der Waals surface area contributed by atoms with Gasteiger partial charge in [-0.1, -0.05) is 6.92 Å². The minimum absolute atomic E-state index is 0.0392. The standard InChI is InChI=1S/C20H18N2O4S/c1-11-2-4-13-17(6-11)27-19-18(13)20(24)22(9-21-19)8-14(23)12-3-5-15-16(7-12)26-10-25-15/h3,5,7,9,11H,2,4,6,8,10H2,1H3. The lowest BCUT2D eigenvalue weighted by Crippen LogP contribution is -2.25. The lowest BCUT2D eigenvalue weighted by atomic mass is 9.89. The van der Waals surface area contributed by atoms with Gasteiger partial charge in [-0.05, 0) is 48.9 Å². The molecule has 2 aliphatic rings.